The molecule has 3 aliphatic heterocycles. The predicted octanol–water partition coefficient (Wildman–Crippen LogP) is 4.33. The van der Waals surface area contributed by atoms with Gasteiger partial charge in [-0.15, -0.1) is 0 Å². The van der Waals surface area contributed by atoms with Crippen LogP contribution < -0.4 is 5.32 Å². The molecule has 2 fully saturated rings. The summed E-state index contributed by atoms with van der Waals surface area (Å²) in [7, 11) is 2.18. The van der Waals surface area contributed by atoms with E-state index in [1.807, 2.05) is 12.1 Å². The Kier molecular flexibility index (Phi) is 8.02. The van der Waals surface area contributed by atoms with E-state index in [1.54, 1.807) is 0 Å². The molecule has 0 aliphatic carbocycles. The van der Waals surface area contributed by atoms with Gasteiger partial charge >= 0.3 is 0 Å². The van der Waals surface area contributed by atoms with Crippen LogP contribution in [0.2, 0.25) is 5.02 Å². The summed E-state index contributed by atoms with van der Waals surface area (Å²) in [6.45, 7) is 8.20. The van der Waals surface area contributed by atoms with E-state index in [-0.39, 0.29) is 17.5 Å². The topological polar surface area (TPSA) is 38.8 Å². The molecule has 1 spiro atoms. The highest BCUT2D eigenvalue weighted by Gasteiger charge is 2.45. The average Bonchev–Trinajstić information content (AvgIpc) is 2.90. The summed E-state index contributed by atoms with van der Waals surface area (Å²) in [6, 6.07) is 17.1. The maximum absolute atomic E-state index is 14.0. The maximum atomic E-state index is 14.0. The first-order chi connectivity index (χ1) is 17.5. The monoisotopic (exact) mass is 508 g/mol. The number of hydrogen-bond acceptors (Lipinski definition) is 4. The smallest absolute Gasteiger partial charge is 0.240 e. The molecule has 2 aromatic rings. The molecule has 6 heteroatoms. The van der Waals surface area contributed by atoms with Crippen molar-refractivity contribution in [2.45, 2.75) is 63.1 Å². The van der Waals surface area contributed by atoms with Gasteiger partial charge in [-0.3, -0.25) is 9.69 Å². The van der Waals surface area contributed by atoms with Crippen LogP contribution in [0.5, 0.6) is 0 Å². The first-order valence-corrected chi connectivity index (χ1v) is 14.2. The molecule has 2 aromatic carbocycles. The summed E-state index contributed by atoms with van der Waals surface area (Å²) in [4.78, 5) is 21.2. The summed E-state index contributed by atoms with van der Waals surface area (Å²) < 4.78 is 0. The fourth-order valence-electron chi connectivity index (χ4n) is 6.86. The minimum atomic E-state index is -0.211. The molecule has 2 saturated heterocycles. The van der Waals surface area contributed by atoms with Crippen molar-refractivity contribution in [3.63, 3.8) is 0 Å². The Morgan fingerprint density at radius 3 is 2.56 bits per heavy atom. The number of carbonyl (C=O) groups excluding carboxylic acids is 1. The van der Waals surface area contributed by atoms with Crippen molar-refractivity contribution in [1.29, 1.82) is 0 Å². The molecule has 3 heterocycles. The largest absolute Gasteiger partial charge is 0.341 e. The Labute approximate surface area is 221 Å². The molecule has 3 aliphatic rings. The first kappa shape index (κ1) is 25.7. The number of rotatable bonds is 6. The van der Waals surface area contributed by atoms with Crippen molar-refractivity contribution in [2.24, 2.45) is 0 Å². The predicted molar refractivity (Wildman–Crippen MR) is 147 cm³/mol. The second-order valence-corrected chi connectivity index (χ2v) is 11.4. The van der Waals surface area contributed by atoms with E-state index in [0.29, 0.717) is 12.5 Å². The van der Waals surface area contributed by atoms with Crippen molar-refractivity contribution < 1.29 is 4.79 Å². The molecule has 5 rings (SSSR count). The van der Waals surface area contributed by atoms with Crippen molar-refractivity contribution in [3.05, 3.63) is 70.2 Å². The van der Waals surface area contributed by atoms with Crippen LogP contribution in [0.3, 0.4) is 0 Å². The van der Waals surface area contributed by atoms with Gasteiger partial charge in [-0.05, 0) is 87.5 Å². The lowest BCUT2D eigenvalue weighted by molar-refractivity contribution is -0.137. The SMILES string of the molecule is CCN1CCc2ccccc2C12CCN(C(=O)[C@@H](Cc1ccc(Cl)cc1)NC1CCCN(C)C1)CC2. The van der Waals surface area contributed by atoms with Gasteiger partial charge in [-0.2, -0.15) is 0 Å². The maximum Gasteiger partial charge on any atom is 0.240 e. The van der Waals surface area contributed by atoms with Gasteiger partial charge in [0.25, 0.3) is 0 Å². The zero-order chi connectivity index (χ0) is 25.1. The standard InChI is InChI=1S/C30H41ClN4O/c1-3-35-18-14-24-7-4-5-9-27(24)30(35)15-19-34(20-16-30)29(36)28(21-23-10-12-25(31)13-11-23)32-26-8-6-17-33(2)22-26/h4-5,7,9-13,26,28,32H,3,6,8,14-22H2,1-2H3/t26?,28-/m1/s1. The summed E-state index contributed by atoms with van der Waals surface area (Å²) in [5.74, 6) is 0.250. The molecule has 2 atom stereocenters. The molecular formula is C30H41ClN4O. The number of benzene rings is 2. The number of amides is 1. The third-order valence-corrected chi connectivity index (χ3v) is 9.02. The van der Waals surface area contributed by atoms with E-state index < -0.39 is 0 Å². The van der Waals surface area contributed by atoms with E-state index in [4.69, 9.17) is 11.6 Å². The Morgan fingerprint density at radius 2 is 1.83 bits per heavy atom. The second-order valence-electron chi connectivity index (χ2n) is 11.0. The molecule has 1 unspecified atom stereocenters. The molecule has 0 radical (unpaired) electrons. The fraction of sp³-hybridized carbons (Fsp3) is 0.567. The van der Waals surface area contributed by atoms with Gasteiger partial charge in [-0.25, -0.2) is 0 Å². The summed E-state index contributed by atoms with van der Waals surface area (Å²) in [5.41, 5.74) is 4.20. The highest BCUT2D eigenvalue weighted by Crippen LogP contribution is 2.43. The Morgan fingerprint density at radius 1 is 1.08 bits per heavy atom. The lowest BCUT2D eigenvalue weighted by atomic mass is 9.74. The lowest BCUT2D eigenvalue weighted by Gasteiger charge is -2.52. The van der Waals surface area contributed by atoms with E-state index in [2.05, 4.69) is 70.4 Å². The molecule has 0 aromatic heterocycles. The van der Waals surface area contributed by atoms with Crippen molar-refractivity contribution in [1.82, 2.24) is 20.0 Å². The van der Waals surface area contributed by atoms with E-state index in [1.165, 1.54) is 17.5 Å². The van der Waals surface area contributed by atoms with E-state index in [0.717, 1.165) is 75.5 Å². The van der Waals surface area contributed by atoms with Gasteiger partial charge in [0.15, 0.2) is 0 Å². The minimum absolute atomic E-state index is 0.0611. The normalized spacial score (nSPS) is 23.4. The molecule has 194 valence electrons. The average molecular weight is 509 g/mol. The number of likely N-dealkylation sites (tertiary alicyclic amines) is 2. The molecule has 0 bridgehead atoms. The van der Waals surface area contributed by atoms with Gasteiger partial charge < -0.3 is 15.1 Å². The number of hydrogen-bond donors (Lipinski definition) is 1. The number of fused-ring (bicyclic) bond motifs is 2. The number of carbonyl (C=O) groups is 1. The van der Waals surface area contributed by atoms with E-state index in [9.17, 15) is 4.79 Å². The number of halogens is 1. The number of nitrogens with one attached hydrogen (secondary N) is 1. The molecule has 36 heavy (non-hydrogen) atoms. The fourth-order valence-corrected chi connectivity index (χ4v) is 6.98. The van der Waals surface area contributed by atoms with Crippen LogP contribution in [0.4, 0.5) is 0 Å². The van der Waals surface area contributed by atoms with Crippen LogP contribution in [0.25, 0.3) is 0 Å². The van der Waals surface area contributed by atoms with Crippen LogP contribution in [0.1, 0.15) is 49.3 Å². The van der Waals surface area contributed by atoms with Gasteiger partial charge in [0.05, 0.1) is 6.04 Å². The quantitative estimate of drug-likeness (QED) is 0.630. The molecule has 1 amide bonds. The highest BCUT2D eigenvalue weighted by molar-refractivity contribution is 6.30. The lowest BCUT2D eigenvalue weighted by Crippen LogP contribution is -2.60. The Bertz CT molecular complexity index is 1030. The van der Waals surface area contributed by atoms with Gasteiger partial charge in [0, 0.05) is 42.8 Å². The van der Waals surface area contributed by atoms with Crippen LogP contribution >= 0.6 is 11.6 Å². The van der Waals surface area contributed by atoms with E-state index >= 15 is 0 Å². The molecule has 5 nitrogen and oxygen atoms in total. The number of nitrogens with zero attached hydrogens (tertiary/aromatic N) is 3. The summed E-state index contributed by atoms with van der Waals surface area (Å²) >= 11 is 6.13. The third kappa shape index (κ3) is 5.35. The Balaban J connectivity index is 1.33. The zero-order valence-electron chi connectivity index (χ0n) is 21.9. The molecule has 1 N–H and O–H groups in total. The van der Waals surface area contributed by atoms with Gasteiger partial charge in [0.1, 0.15) is 0 Å². The zero-order valence-corrected chi connectivity index (χ0v) is 22.6. The van der Waals surface area contributed by atoms with Gasteiger partial charge in [-0.1, -0.05) is 54.9 Å². The first-order valence-electron chi connectivity index (χ1n) is 13.8. The minimum Gasteiger partial charge on any atom is -0.341 e. The van der Waals surface area contributed by atoms with Crippen molar-refractivity contribution in [3.8, 4) is 0 Å². The van der Waals surface area contributed by atoms with Crippen molar-refractivity contribution in [2.75, 3.05) is 46.3 Å². The van der Waals surface area contributed by atoms with Crippen LogP contribution in [-0.2, 0) is 23.2 Å². The Hall–Kier alpha value is -1.92. The van der Waals surface area contributed by atoms with Crippen LogP contribution in [0, 0.1) is 0 Å². The molecular weight excluding hydrogens is 468 g/mol. The van der Waals surface area contributed by atoms with Crippen molar-refractivity contribution >= 4 is 17.5 Å². The van der Waals surface area contributed by atoms with Crippen LogP contribution in [0.15, 0.2) is 48.5 Å². The summed E-state index contributed by atoms with van der Waals surface area (Å²) in [5, 5.41) is 4.51. The highest BCUT2D eigenvalue weighted by atomic mass is 35.5. The summed E-state index contributed by atoms with van der Waals surface area (Å²) in [6.07, 6.45) is 6.13. The van der Waals surface area contributed by atoms with Gasteiger partial charge in [0.2, 0.25) is 5.91 Å². The number of piperidine rings is 2. The number of likely N-dealkylation sites (N-methyl/N-ethyl adjacent to an activating group) is 2. The van der Waals surface area contributed by atoms with Crippen LogP contribution in [-0.4, -0.2) is 79.0 Å². The third-order valence-electron chi connectivity index (χ3n) is 8.77. The second kappa shape index (κ2) is 11.2. The molecule has 0 saturated carbocycles.